The van der Waals surface area contributed by atoms with Gasteiger partial charge in [0.15, 0.2) is 11.5 Å². The molecule has 11 nitrogen and oxygen atoms in total. The summed E-state index contributed by atoms with van der Waals surface area (Å²) >= 11 is 0. The van der Waals surface area contributed by atoms with Crippen molar-refractivity contribution in [3.8, 4) is 11.5 Å². The highest BCUT2D eigenvalue weighted by Gasteiger charge is 2.32. The molecule has 1 aromatic heterocycles. The molecular weight excluding hydrogens is 417 g/mol. The van der Waals surface area contributed by atoms with Crippen LogP contribution in [0, 0.1) is 16.0 Å². The van der Waals surface area contributed by atoms with E-state index in [1.165, 1.54) is 32.5 Å². The molecule has 0 aliphatic rings. The van der Waals surface area contributed by atoms with E-state index in [-0.39, 0.29) is 29.3 Å². The smallest absolute Gasteiger partial charge is 0.307 e. The Balaban J connectivity index is 2.29. The summed E-state index contributed by atoms with van der Waals surface area (Å²) in [7, 11) is -1.48. The molecule has 0 saturated heterocycles. The maximum Gasteiger partial charge on any atom is 0.307 e. The number of anilines is 1. The Morgan fingerprint density at radius 1 is 1.30 bits per heavy atom. The third kappa shape index (κ3) is 5.91. The quantitative estimate of drug-likeness (QED) is 0.283. The van der Waals surface area contributed by atoms with Crippen LogP contribution in [0.25, 0.3) is 0 Å². The Morgan fingerprint density at radius 3 is 2.43 bits per heavy atom. The van der Waals surface area contributed by atoms with Gasteiger partial charge in [-0.15, -0.1) is 0 Å². The van der Waals surface area contributed by atoms with Gasteiger partial charge in [0.05, 0.1) is 37.3 Å². The first kappa shape index (κ1) is 23.1. The van der Waals surface area contributed by atoms with Crippen LogP contribution < -0.4 is 15.2 Å². The van der Waals surface area contributed by atoms with Crippen molar-refractivity contribution in [1.82, 2.24) is 4.98 Å². The van der Waals surface area contributed by atoms with E-state index in [1.807, 2.05) is 0 Å². The number of carbonyl (C=O) groups is 1. The fourth-order valence-electron chi connectivity index (χ4n) is 2.95. The summed E-state index contributed by atoms with van der Waals surface area (Å²) < 4.78 is 23.0. The van der Waals surface area contributed by atoms with Crippen LogP contribution in [0.4, 0.5) is 11.5 Å². The van der Waals surface area contributed by atoms with Gasteiger partial charge >= 0.3 is 5.97 Å². The highest BCUT2D eigenvalue weighted by molar-refractivity contribution is 7.57. The number of aromatic nitrogens is 1. The largest absolute Gasteiger partial charge is 0.493 e. The predicted octanol–water partition coefficient (Wildman–Crippen LogP) is 2.30. The molecule has 0 fully saturated rings. The topological polar surface area (TPSA) is 175 Å². The summed E-state index contributed by atoms with van der Waals surface area (Å²) in [6, 6.07) is 5.43. The number of pyridine rings is 1. The molecule has 1 aromatic carbocycles. The van der Waals surface area contributed by atoms with Gasteiger partial charge in [0.25, 0.3) is 5.69 Å². The second-order valence-electron chi connectivity index (χ2n) is 6.61. The molecule has 0 spiro atoms. The standard InChI is InChI=1S/C18H22N3O8P/c1-28-15-6-12(14(21(24)25)7-16(15)29-2)9-30(26,27)10-13(18(22)23)5-11-3-4-17(19)20-8-11/h3-4,6-8,13H,5,9-10H2,1-2H3,(H2,19,20)(H,22,23)(H,26,27). The highest BCUT2D eigenvalue weighted by Crippen LogP contribution is 2.49. The van der Waals surface area contributed by atoms with Crippen molar-refractivity contribution in [2.75, 3.05) is 26.1 Å². The zero-order valence-electron chi connectivity index (χ0n) is 16.3. The van der Waals surface area contributed by atoms with E-state index in [4.69, 9.17) is 15.2 Å². The van der Waals surface area contributed by atoms with E-state index in [1.54, 1.807) is 6.07 Å². The van der Waals surface area contributed by atoms with Crippen LogP contribution in [0.15, 0.2) is 30.5 Å². The predicted molar refractivity (Wildman–Crippen MR) is 108 cm³/mol. The molecule has 0 aliphatic carbocycles. The number of nitrogens with zero attached hydrogens (tertiary/aromatic N) is 2. The van der Waals surface area contributed by atoms with E-state index in [0.717, 1.165) is 6.07 Å². The van der Waals surface area contributed by atoms with Crippen molar-refractivity contribution >= 4 is 24.8 Å². The van der Waals surface area contributed by atoms with Crippen LogP contribution in [0.1, 0.15) is 11.1 Å². The molecule has 2 atom stereocenters. The number of nitro benzene ring substituents is 1. The monoisotopic (exact) mass is 439 g/mol. The molecule has 162 valence electrons. The Hall–Kier alpha value is -3.17. The number of benzene rings is 1. The molecular formula is C18H22N3O8P. The van der Waals surface area contributed by atoms with Crippen molar-refractivity contribution in [2.24, 2.45) is 5.92 Å². The number of nitro groups is 1. The summed E-state index contributed by atoms with van der Waals surface area (Å²) in [6.07, 6.45) is 0.194. The number of hydrogen-bond acceptors (Lipinski definition) is 8. The Bertz CT molecular complexity index is 980. The lowest BCUT2D eigenvalue weighted by Crippen LogP contribution is -2.21. The zero-order valence-corrected chi connectivity index (χ0v) is 17.2. The Kier molecular flexibility index (Phi) is 7.36. The maximum atomic E-state index is 12.8. The van der Waals surface area contributed by atoms with Gasteiger partial charge in [-0.05, 0) is 24.1 Å². The van der Waals surface area contributed by atoms with Crippen LogP contribution in [0.2, 0.25) is 0 Å². The summed E-state index contributed by atoms with van der Waals surface area (Å²) in [4.78, 5) is 36.7. The number of nitrogens with two attached hydrogens (primary N) is 1. The molecule has 0 aliphatic heterocycles. The number of rotatable bonds is 10. The molecule has 2 rings (SSSR count). The summed E-state index contributed by atoms with van der Waals surface area (Å²) in [6.45, 7) is 0. The number of hydrogen-bond donors (Lipinski definition) is 3. The lowest BCUT2D eigenvalue weighted by molar-refractivity contribution is -0.385. The van der Waals surface area contributed by atoms with E-state index in [0.29, 0.717) is 5.56 Å². The second-order valence-corrected chi connectivity index (χ2v) is 8.98. The van der Waals surface area contributed by atoms with Gasteiger partial charge in [-0.1, -0.05) is 6.07 Å². The van der Waals surface area contributed by atoms with Crippen LogP contribution in [0.3, 0.4) is 0 Å². The molecule has 2 aromatic rings. The number of methoxy groups -OCH3 is 2. The van der Waals surface area contributed by atoms with Crippen LogP contribution in [-0.2, 0) is 21.9 Å². The molecule has 1 heterocycles. The summed E-state index contributed by atoms with van der Waals surface area (Å²) in [5, 5.41) is 20.9. The Morgan fingerprint density at radius 2 is 1.93 bits per heavy atom. The number of carboxylic acid groups (broad SMARTS) is 1. The fourth-order valence-corrected chi connectivity index (χ4v) is 4.84. The first-order valence-electron chi connectivity index (χ1n) is 8.69. The Labute approximate surface area is 172 Å². The number of ether oxygens (including phenoxy) is 2. The molecule has 12 heteroatoms. The molecule has 0 radical (unpaired) electrons. The number of aliphatic carboxylic acids is 1. The van der Waals surface area contributed by atoms with Gasteiger partial charge in [-0.2, -0.15) is 0 Å². The van der Waals surface area contributed by atoms with E-state index in [9.17, 15) is 29.5 Å². The van der Waals surface area contributed by atoms with Gasteiger partial charge < -0.3 is 25.2 Å². The minimum atomic E-state index is -4.12. The van der Waals surface area contributed by atoms with E-state index in [2.05, 4.69) is 4.98 Å². The van der Waals surface area contributed by atoms with Crippen molar-refractivity contribution in [1.29, 1.82) is 0 Å². The summed E-state index contributed by atoms with van der Waals surface area (Å²) in [5.74, 6) is -1.94. The van der Waals surface area contributed by atoms with Crippen LogP contribution >= 0.6 is 7.37 Å². The van der Waals surface area contributed by atoms with Gasteiger partial charge in [-0.3, -0.25) is 19.5 Å². The lowest BCUT2D eigenvalue weighted by Gasteiger charge is -2.18. The van der Waals surface area contributed by atoms with Crippen LogP contribution in [0.5, 0.6) is 11.5 Å². The lowest BCUT2D eigenvalue weighted by atomic mass is 10.0. The molecule has 0 amide bonds. The van der Waals surface area contributed by atoms with Gasteiger partial charge in [0, 0.05) is 17.9 Å². The first-order valence-corrected chi connectivity index (χ1v) is 10.7. The SMILES string of the molecule is COc1cc(CP(=O)(O)CC(Cc2ccc(N)nc2)C(=O)O)c([N+](=O)[O-])cc1OC. The number of carboxylic acids is 1. The maximum absolute atomic E-state index is 12.8. The molecule has 30 heavy (non-hydrogen) atoms. The van der Waals surface area contributed by atoms with Gasteiger partial charge in [0.1, 0.15) is 5.82 Å². The van der Waals surface area contributed by atoms with Crippen molar-refractivity contribution < 1.29 is 33.8 Å². The van der Waals surface area contributed by atoms with E-state index >= 15 is 0 Å². The minimum Gasteiger partial charge on any atom is -0.493 e. The fraction of sp³-hybridized carbons (Fsp3) is 0.333. The van der Waals surface area contributed by atoms with Crippen LogP contribution in [-0.4, -0.2) is 46.3 Å². The first-order chi connectivity index (χ1) is 14.1. The normalized spacial score (nSPS) is 13.8. The van der Waals surface area contributed by atoms with Crippen molar-refractivity contribution in [2.45, 2.75) is 12.6 Å². The minimum absolute atomic E-state index is 0.0405. The average Bonchev–Trinajstić information content (AvgIpc) is 2.67. The molecule has 2 unspecified atom stereocenters. The summed E-state index contributed by atoms with van der Waals surface area (Å²) in [5.41, 5.74) is 5.56. The molecule has 0 bridgehead atoms. The van der Waals surface area contributed by atoms with Gasteiger partial charge in [-0.25, -0.2) is 4.98 Å². The van der Waals surface area contributed by atoms with Crippen molar-refractivity contribution in [3.63, 3.8) is 0 Å². The zero-order chi connectivity index (χ0) is 22.5. The third-order valence-electron chi connectivity index (χ3n) is 4.38. The van der Waals surface area contributed by atoms with Crippen molar-refractivity contribution in [3.05, 3.63) is 51.7 Å². The highest BCUT2D eigenvalue weighted by atomic mass is 31.2. The molecule has 0 saturated carbocycles. The molecule has 4 N–H and O–H groups in total. The average molecular weight is 439 g/mol. The second kappa shape index (κ2) is 9.55. The third-order valence-corrected chi connectivity index (χ3v) is 6.23. The van der Waals surface area contributed by atoms with Gasteiger partial charge in [0.2, 0.25) is 7.37 Å². The van der Waals surface area contributed by atoms with E-state index < -0.39 is 42.2 Å². The number of nitrogen functional groups attached to an aromatic ring is 1.